The predicted octanol–water partition coefficient (Wildman–Crippen LogP) is 3.24. The maximum Gasteiger partial charge on any atom is 0.321 e. The fraction of sp³-hybridized carbons (Fsp3) is 0.619. The van der Waals surface area contributed by atoms with E-state index >= 15 is 0 Å². The van der Waals surface area contributed by atoms with E-state index in [1.807, 2.05) is 13.0 Å². The average molecular weight is 357 g/mol. The number of rotatable bonds is 6. The van der Waals surface area contributed by atoms with Crippen molar-refractivity contribution < 1.29 is 9.59 Å². The molecule has 0 aromatic heterocycles. The lowest BCUT2D eigenvalue weighted by atomic mass is 9.78. The first-order valence-electron chi connectivity index (χ1n) is 9.99. The summed E-state index contributed by atoms with van der Waals surface area (Å²) in [5.41, 5.74) is 1.44. The van der Waals surface area contributed by atoms with Crippen molar-refractivity contribution in [2.45, 2.75) is 75.8 Å². The quantitative estimate of drug-likeness (QED) is 0.732. The van der Waals surface area contributed by atoms with Gasteiger partial charge in [-0.1, -0.05) is 56.0 Å². The second-order valence-corrected chi connectivity index (χ2v) is 7.90. The SMILES string of the molecule is C[C@@H](NCC1(c2ccccc2)CCCC1)C(=O)NC(=O)NC1CCCC1. The minimum Gasteiger partial charge on any atom is -0.335 e. The number of amides is 3. The Morgan fingerprint density at radius 2 is 1.73 bits per heavy atom. The Kier molecular flexibility index (Phi) is 6.30. The molecule has 3 rings (SSSR count). The van der Waals surface area contributed by atoms with E-state index in [1.54, 1.807) is 0 Å². The molecular weight excluding hydrogens is 326 g/mol. The molecule has 1 aromatic carbocycles. The van der Waals surface area contributed by atoms with Gasteiger partial charge in [0, 0.05) is 18.0 Å². The molecular formula is C21H31N3O2. The molecule has 2 fully saturated rings. The molecule has 5 nitrogen and oxygen atoms in total. The number of hydrogen-bond acceptors (Lipinski definition) is 3. The molecule has 0 spiro atoms. The molecule has 0 saturated heterocycles. The van der Waals surface area contributed by atoms with Crippen molar-refractivity contribution in [3.05, 3.63) is 35.9 Å². The summed E-state index contributed by atoms with van der Waals surface area (Å²) in [6.45, 7) is 2.58. The fourth-order valence-corrected chi connectivity index (χ4v) is 4.36. The molecule has 0 radical (unpaired) electrons. The van der Waals surface area contributed by atoms with Crippen LogP contribution in [0.1, 0.15) is 63.9 Å². The number of hydrogen-bond donors (Lipinski definition) is 3. The van der Waals surface area contributed by atoms with Crippen LogP contribution < -0.4 is 16.0 Å². The molecule has 2 saturated carbocycles. The number of carbonyl (C=O) groups excluding carboxylic acids is 2. The zero-order valence-electron chi connectivity index (χ0n) is 15.7. The summed E-state index contributed by atoms with van der Waals surface area (Å²) in [7, 11) is 0. The number of imide groups is 1. The van der Waals surface area contributed by atoms with E-state index in [4.69, 9.17) is 0 Å². The minimum atomic E-state index is -0.398. The molecule has 1 atom stereocenters. The summed E-state index contributed by atoms with van der Waals surface area (Å²) in [6, 6.07) is 10.0. The maximum absolute atomic E-state index is 12.3. The largest absolute Gasteiger partial charge is 0.335 e. The van der Waals surface area contributed by atoms with Crippen molar-refractivity contribution >= 4 is 11.9 Å². The zero-order chi connectivity index (χ0) is 18.4. The van der Waals surface area contributed by atoms with Crippen molar-refractivity contribution in [2.75, 3.05) is 6.54 Å². The Bertz CT molecular complexity index is 605. The molecule has 2 aliphatic carbocycles. The fourth-order valence-electron chi connectivity index (χ4n) is 4.36. The average Bonchev–Trinajstić information content (AvgIpc) is 3.33. The Balaban J connectivity index is 1.51. The highest BCUT2D eigenvalue weighted by molar-refractivity contribution is 5.96. The van der Waals surface area contributed by atoms with Crippen LogP contribution >= 0.6 is 0 Å². The monoisotopic (exact) mass is 357 g/mol. The second-order valence-electron chi connectivity index (χ2n) is 7.90. The van der Waals surface area contributed by atoms with Crippen molar-refractivity contribution in [1.82, 2.24) is 16.0 Å². The second kappa shape index (κ2) is 8.67. The molecule has 26 heavy (non-hydrogen) atoms. The van der Waals surface area contributed by atoms with Crippen LogP contribution in [0, 0.1) is 0 Å². The van der Waals surface area contributed by atoms with E-state index in [1.165, 1.54) is 18.4 Å². The molecule has 0 bridgehead atoms. The molecule has 5 heteroatoms. The van der Waals surface area contributed by atoms with Gasteiger partial charge in [-0.05, 0) is 38.2 Å². The van der Waals surface area contributed by atoms with Crippen LogP contribution in [0.2, 0.25) is 0 Å². The third-order valence-corrected chi connectivity index (χ3v) is 6.01. The van der Waals surface area contributed by atoms with Gasteiger partial charge in [-0.3, -0.25) is 10.1 Å². The van der Waals surface area contributed by atoms with Gasteiger partial charge in [0.05, 0.1) is 6.04 Å². The van der Waals surface area contributed by atoms with Gasteiger partial charge in [-0.2, -0.15) is 0 Å². The summed E-state index contributed by atoms with van der Waals surface area (Å²) in [6.07, 6.45) is 9.05. The van der Waals surface area contributed by atoms with Crippen LogP contribution in [-0.4, -0.2) is 30.6 Å². The van der Waals surface area contributed by atoms with Crippen LogP contribution in [0.3, 0.4) is 0 Å². The lowest BCUT2D eigenvalue weighted by Crippen LogP contribution is -2.51. The number of benzene rings is 1. The van der Waals surface area contributed by atoms with E-state index in [-0.39, 0.29) is 23.4 Å². The molecule has 0 heterocycles. The molecule has 1 aromatic rings. The van der Waals surface area contributed by atoms with Crippen LogP contribution in [0.15, 0.2) is 30.3 Å². The normalized spacial score (nSPS) is 20.7. The van der Waals surface area contributed by atoms with E-state index < -0.39 is 6.04 Å². The summed E-state index contributed by atoms with van der Waals surface area (Å²) in [4.78, 5) is 24.3. The van der Waals surface area contributed by atoms with Gasteiger partial charge in [-0.25, -0.2) is 4.79 Å². The van der Waals surface area contributed by atoms with Crippen molar-refractivity contribution in [3.8, 4) is 0 Å². The van der Waals surface area contributed by atoms with Gasteiger partial charge in [-0.15, -0.1) is 0 Å². The summed E-state index contributed by atoms with van der Waals surface area (Å²) < 4.78 is 0. The van der Waals surface area contributed by atoms with Crippen LogP contribution in [0.25, 0.3) is 0 Å². The number of nitrogens with one attached hydrogen (secondary N) is 3. The third kappa shape index (κ3) is 4.64. The lowest BCUT2D eigenvalue weighted by molar-refractivity contribution is -0.121. The minimum absolute atomic E-state index is 0.0991. The Hall–Kier alpha value is -1.88. The topological polar surface area (TPSA) is 70.2 Å². The van der Waals surface area contributed by atoms with E-state index in [2.05, 4.69) is 40.2 Å². The van der Waals surface area contributed by atoms with Crippen molar-refractivity contribution in [3.63, 3.8) is 0 Å². The molecule has 3 N–H and O–H groups in total. The van der Waals surface area contributed by atoms with Crippen molar-refractivity contribution in [2.24, 2.45) is 0 Å². The van der Waals surface area contributed by atoms with Gasteiger partial charge >= 0.3 is 6.03 Å². The smallest absolute Gasteiger partial charge is 0.321 e. The number of carbonyl (C=O) groups is 2. The molecule has 0 aliphatic heterocycles. The van der Waals surface area contributed by atoms with Gasteiger partial charge in [0.2, 0.25) is 5.91 Å². The summed E-state index contributed by atoms with van der Waals surface area (Å²) in [5, 5.41) is 8.75. The number of urea groups is 1. The molecule has 2 aliphatic rings. The third-order valence-electron chi connectivity index (χ3n) is 6.01. The van der Waals surface area contributed by atoms with Gasteiger partial charge < -0.3 is 10.6 Å². The highest BCUT2D eigenvalue weighted by atomic mass is 16.2. The molecule has 0 unspecified atom stereocenters. The predicted molar refractivity (Wildman–Crippen MR) is 103 cm³/mol. The van der Waals surface area contributed by atoms with Gasteiger partial charge in [0.1, 0.15) is 0 Å². The lowest BCUT2D eigenvalue weighted by Gasteiger charge is -2.31. The highest BCUT2D eigenvalue weighted by Crippen LogP contribution is 2.40. The maximum atomic E-state index is 12.3. The first kappa shape index (κ1) is 18.9. The van der Waals surface area contributed by atoms with E-state index in [0.29, 0.717) is 0 Å². The van der Waals surface area contributed by atoms with Gasteiger partial charge in [0.25, 0.3) is 0 Å². The van der Waals surface area contributed by atoms with Crippen LogP contribution in [-0.2, 0) is 10.2 Å². The highest BCUT2D eigenvalue weighted by Gasteiger charge is 2.36. The van der Waals surface area contributed by atoms with E-state index in [9.17, 15) is 9.59 Å². The summed E-state index contributed by atoms with van der Waals surface area (Å²) in [5.74, 6) is -0.262. The first-order valence-corrected chi connectivity index (χ1v) is 9.99. The molecule has 3 amide bonds. The standard InChI is InChI=1S/C21H31N3O2/c1-16(19(25)24-20(26)23-18-11-5-6-12-18)22-15-21(13-7-8-14-21)17-9-3-2-4-10-17/h2-4,9-10,16,18,22H,5-8,11-15H2,1H3,(H2,23,24,25,26)/t16-/m1/s1. The Morgan fingerprint density at radius 1 is 1.08 bits per heavy atom. The first-order chi connectivity index (χ1) is 12.6. The van der Waals surface area contributed by atoms with Crippen molar-refractivity contribution in [1.29, 1.82) is 0 Å². The van der Waals surface area contributed by atoms with Crippen LogP contribution in [0.4, 0.5) is 4.79 Å². The van der Waals surface area contributed by atoms with Crippen LogP contribution in [0.5, 0.6) is 0 Å². The Labute approximate surface area is 156 Å². The summed E-state index contributed by atoms with van der Waals surface area (Å²) >= 11 is 0. The van der Waals surface area contributed by atoms with Gasteiger partial charge in [0.15, 0.2) is 0 Å². The molecule has 142 valence electrons. The van der Waals surface area contributed by atoms with E-state index in [0.717, 1.165) is 45.1 Å². The Morgan fingerprint density at radius 3 is 2.38 bits per heavy atom. The zero-order valence-corrected chi connectivity index (χ0v) is 15.7.